The molecule has 8 rings (SSSR count). The molecule has 0 unspecified atom stereocenters. The lowest BCUT2D eigenvalue weighted by Gasteiger charge is -2.54. The van der Waals surface area contributed by atoms with Crippen LogP contribution in [0.1, 0.15) is 22.3 Å². The molecule has 1 fully saturated rings. The highest BCUT2D eigenvalue weighted by atomic mass is 79.9. The van der Waals surface area contributed by atoms with Gasteiger partial charge in [-0.1, -0.05) is 64.5 Å². The van der Waals surface area contributed by atoms with E-state index < -0.39 is 45.9 Å². The number of amides is 3. The molecule has 1 saturated heterocycles. The third-order valence-corrected chi connectivity index (χ3v) is 9.98. The summed E-state index contributed by atoms with van der Waals surface area (Å²) in [4.78, 5) is 39.3. The average Bonchev–Trinajstić information content (AvgIpc) is 3.24. The van der Waals surface area contributed by atoms with Gasteiger partial charge in [-0.3, -0.25) is 19.3 Å². The van der Waals surface area contributed by atoms with E-state index in [0.717, 1.165) is 31.6 Å². The zero-order chi connectivity index (χ0) is 28.5. The number of alkyl halides is 2. The number of benzene rings is 4. The third-order valence-electron chi connectivity index (χ3n) is 8.17. The molecule has 4 aromatic carbocycles. The van der Waals surface area contributed by atoms with Gasteiger partial charge >= 0.3 is 0 Å². The zero-order valence-corrected chi connectivity index (χ0v) is 24.4. The molecule has 2 bridgehead atoms. The van der Waals surface area contributed by atoms with Gasteiger partial charge in [0.2, 0.25) is 17.7 Å². The molecule has 1 aliphatic heterocycles. The van der Waals surface area contributed by atoms with Crippen molar-refractivity contribution in [2.24, 2.45) is 11.8 Å². The molecule has 0 spiro atoms. The second-order valence-electron chi connectivity index (χ2n) is 10.4. The molecule has 2 atom stereocenters. The molecule has 0 aromatic heterocycles. The van der Waals surface area contributed by atoms with E-state index in [1.54, 1.807) is 24.3 Å². The lowest BCUT2D eigenvalue weighted by atomic mass is 9.54. The summed E-state index contributed by atoms with van der Waals surface area (Å²) in [7, 11) is 0. The van der Waals surface area contributed by atoms with Gasteiger partial charge in [0.25, 0.3) is 0 Å². The van der Waals surface area contributed by atoms with Crippen LogP contribution < -0.4 is 10.1 Å². The van der Waals surface area contributed by atoms with Gasteiger partial charge in [-0.15, -0.1) is 23.2 Å². The molecule has 4 aliphatic rings. The SMILES string of the molecule is O=C(CN1C(=O)[C@H]2[C@H](C1=O)C1(Cl)c3ccccc3C2(Cl)c2ccccc21)Nc1ccc(Oc2ccc(Br)cc2)cc1. The topological polar surface area (TPSA) is 75.7 Å². The van der Waals surface area contributed by atoms with E-state index in [9.17, 15) is 14.4 Å². The van der Waals surface area contributed by atoms with Gasteiger partial charge in [0.15, 0.2) is 0 Å². The van der Waals surface area contributed by atoms with Crippen LogP contribution in [0.2, 0.25) is 0 Å². The monoisotopic (exact) mass is 646 g/mol. The Bertz CT molecular complexity index is 1620. The van der Waals surface area contributed by atoms with Gasteiger partial charge < -0.3 is 10.1 Å². The fourth-order valence-electron chi connectivity index (χ4n) is 6.47. The first-order chi connectivity index (χ1) is 19.7. The van der Waals surface area contributed by atoms with Gasteiger partial charge in [-0.2, -0.15) is 0 Å². The van der Waals surface area contributed by atoms with Gasteiger partial charge in [-0.25, -0.2) is 0 Å². The maximum absolute atomic E-state index is 13.9. The number of rotatable bonds is 5. The summed E-state index contributed by atoms with van der Waals surface area (Å²) in [5.41, 5.74) is 3.37. The van der Waals surface area contributed by atoms with Crippen molar-refractivity contribution < 1.29 is 19.1 Å². The molecule has 4 aromatic rings. The summed E-state index contributed by atoms with van der Waals surface area (Å²) < 4.78 is 6.77. The second-order valence-corrected chi connectivity index (χ2v) is 12.5. The lowest BCUT2D eigenvalue weighted by molar-refractivity contribution is -0.142. The summed E-state index contributed by atoms with van der Waals surface area (Å²) in [5.74, 6) is -2.14. The van der Waals surface area contributed by atoms with E-state index in [1.807, 2.05) is 72.8 Å². The average molecular weight is 648 g/mol. The number of anilines is 1. The van der Waals surface area contributed by atoms with E-state index >= 15 is 0 Å². The molecule has 9 heteroatoms. The van der Waals surface area contributed by atoms with Gasteiger partial charge in [0, 0.05) is 10.2 Å². The normalized spacial score (nSPS) is 25.4. The molecule has 0 saturated carbocycles. The van der Waals surface area contributed by atoms with Crippen LogP contribution in [-0.2, 0) is 24.1 Å². The Kier molecular flexibility index (Phi) is 6.05. The quantitative estimate of drug-likeness (QED) is 0.192. The minimum Gasteiger partial charge on any atom is -0.457 e. The highest BCUT2D eigenvalue weighted by molar-refractivity contribution is 9.10. The Balaban J connectivity index is 1.14. The number of hydrogen-bond donors (Lipinski definition) is 1. The first-order valence-corrected chi connectivity index (χ1v) is 14.5. The zero-order valence-electron chi connectivity index (χ0n) is 21.3. The van der Waals surface area contributed by atoms with Crippen LogP contribution in [0, 0.1) is 11.8 Å². The molecular weight excluding hydrogens is 627 g/mol. The van der Waals surface area contributed by atoms with Crippen molar-refractivity contribution in [1.82, 2.24) is 4.90 Å². The van der Waals surface area contributed by atoms with Crippen LogP contribution in [0.3, 0.4) is 0 Å². The van der Waals surface area contributed by atoms with Crippen molar-refractivity contribution in [2.45, 2.75) is 9.75 Å². The molecule has 204 valence electrons. The number of carbonyl (C=O) groups is 3. The van der Waals surface area contributed by atoms with Crippen molar-refractivity contribution >= 4 is 62.5 Å². The van der Waals surface area contributed by atoms with Gasteiger partial charge in [-0.05, 0) is 70.8 Å². The summed E-state index contributed by atoms with van der Waals surface area (Å²) in [6, 6.07) is 29.1. The van der Waals surface area contributed by atoms with E-state index in [4.69, 9.17) is 27.9 Å². The number of ether oxygens (including phenoxy) is 1. The van der Waals surface area contributed by atoms with Crippen molar-refractivity contribution in [3.63, 3.8) is 0 Å². The van der Waals surface area contributed by atoms with Gasteiger partial charge in [0.1, 0.15) is 27.8 Å². The number of carbonyl (C=O) groups excluding carboxylic acids is 3. The number of hydrogen-bond acceptors (Lipinski definition) is 4. The fraction of sp³-hybridized carbons (Fsp3) is 0.156. The first-order valence-electron chi connectivity index (χ1n) is 13.0. The van der Waals surface area contributed by atoms with Crippen molar-refractivity contribution in [3.05, 3.63) is 124 Å². The number of imide groups is 1. The van der Waals surface area contributed by atoms with Crippen molar-refractivity contribution in [3.8, 4) is 11.5 Å². The fourth-order valence-corrected chi connectivity index (χ4v) is 7.83. The molecular formula is C32H21BrCl2N2O4. The predicted molar refractivity (Wildman–Crippen MR) is 159 cm³/mol. The Morgan fingerprint density at radius 3 is 1.59 bits per heavy atom. The summed E-state index contributed by atoms with van der Waals surface area (Å²) >= 11 is 18.2. The Labute approximate surface area is 254 Å². The number of nitrogens with zero attached hydrogens (tertiary/aromatic N) is 1. The molecule has 6 nitrogen and oxygen atoms in total. The molecule has 41 heavy (non-hydrogen) atoms. The highest BCUT2D eigenvalue weighted by Gasteiger charge is 2.73. The minimum atomic E-state index is -1.28. The Hall–Kier alpha value is -3.65. The largest absolute Gasteiger partial charge is 0.457 e. The molecule has 3 amide bonds. The van der Waals surface area contributed by atoms with E-state index in [-0.39, 0.29) is 0 Å². The summed E-state index contributed by atoms with van der Waals surface area (Å²) in [6.45, 7) is -0.450. The summed E-state index contributed by atoms with van der Waals surface area (Å²) in [5, 5.41) is 2.77. The minimum absolute atomic E-state index is 0.450. The standard InChI is InChI=1S/C32H21BrCl2N2O4/c33-18-9-13-20(14-10-18)41-21-15-11-19(12-16-21)36-26(38)17-37-29(39)27-28(30(37)40)32(35)23-6-2-1-5-22(23)31(27,34)24-7-3-4-8-25(24)32/h1-16,27-28H,17H2,(H,36,38)/t27-,28-,31?,32?/m1/s1. The molecule has 0 radical (unpaired) electrons. The number of likely N-dealkylation sites (tertiary alicyclic amines) is 1. The van der Waals surface area contributed by atoms with E-state index in [0.29, 0.717) is 17.2 Å². The van der Waals surface area contributed by atoms with Crippen LogP contribution >= 0.6 is 39.1 Å². The van der Waals surface area contributed by atoms with Crippen molar-refractivity contribution in [1.29, 1.82) is 0 Å². The Morgan fingerprint density at radius 2 is 1.15 bits per heavy atom. The third kappa shape index (κ3) is 3.79. The lowest BCUT2D eigenvalue weighted by Crippen LogP contribution is -2.57. The van der Waals surface area contributed by atoms with E-state index in [2.05, 4.69) is 21.2 Å². The second kappa shape index (κ2) is 9.44. The Morgan fingerprint density at radius 1 is 0.732 bits per heavy atom. The van der Waals surface area contributed by atoms with E-state index in [1.165, 1.54) is 0 Å². The van der Waals surface area contributed by atoms with Crippen molar-refractivity contribution in [2.75, 3.05) is 11.9 Å². The highest BCUT2D eigenvalue weighted by Crippen LogP contribution is 2.69. The number of halogens is 3. The van der Waals surface area contributed by atoms with Crippen LogP contribution in [0.25, 0.3) is 0 Å². The molecule has 1 heterocycles. The summed E-state index contributed by atoms with van der Waals surface area (Å²) in [6.07, 6.45) is 0. The smallest absolute Gasteiger partial charge is 0.244 e. The first kappa shape index (κ1) is 26.3. The van der Waals surface area contributed by atoms with Crippen LogP contribution in [0.15, 0.2) is 102 Å². The predicted octanol–water partition coefficient (Wildman–Crippen LogP) is 6.77. The van der Waals surface area contributed by atoms with Crippen LogP contribution in [0.5, 0.6) is 11.5 Å². The van der Waals surface area contributed by atoms with Crippen LogP contribution in [-0.4, -0.2) is 29.2 Å². The maximum Gasteiger partial charge on any atom is 0.244 e. The number of nitrogens with one attached hydrogen (secondary N) is 1. The van der Waals surface area contributed by atoms with Gasteiger partial charge in [0.05, 0.1) is 11.8 Å². The maximum atomic E-state index is 13.9. The molecule has 3 aliphatic carbocycles. The van der Waals surface area contributed by atoms with Crippen LogP contribution in [0.4, 0.5) is 5.69 Å². The molecule has 1 N–H and O–H groups in total.